The van der Waals surface area contributed by atoms with Gasteiger partial charge in [-0.05, 0) is 41.5 Å². The number of hydrogen-bond donors (Lipinski definition) is 0. The van der Waals surface area contributed by atoms with Gasteiger partial charge >= 0.3 is 0 Å². The Kier molecular flexibility index (Phi) is 4.18. The lowest BCUT2D eigenvalue weighted by atomic mass is 10.1. The van der Waals surface area contributed by atoms with E-state index in [4.69, 9.17) is 0 Å². The van der Waals surface area contributed by atoms with Crippen molar-refractivity contribution in [2.45, 2.75) is 18.9 Å². The number of carbonyl (C=O) groups excluding carboxylic acids is 1. The monoisotopic (exact) mass is 333 g/mol. The van der Waals surface area contributed by atoms with Crippen LogP contribution in [0.25, 0.3) is 0 Å². The molecule has 2 atom stereocenters. The molecule has 1 heterocycles. The highest BCUT2D eigenvalue weighted by Crippen LogP contribution is 2.49. The van der Waals surface area contributed by atoms with Gasteiger partial charge in [0.05, 0.1) is 6.54 Å². The molecule has 1 unspecified atom stereocenters. The standard InChI is InChI=1S/C21H19NOS/c23-21(20-14-19(20)16-8-3-1-4-9-16)22(15-18-12-7-13-24-18)17-10-5-2-6-11-17/h1-13,19-20H,14-15H2/t19?,20-/m0/s1. The molecule has 1 amide bonds. The van der Waals surface area contributed by atoms with Crippen molar-refractivity contribution in [3.63, 3.8) is 0 Å². The van der Waals surface area contributed by atoms with Crippen LogP contribution in [0.5, 0.6) is 0 Å². The molecule has 0 saturated heterocycles. The third-order valence-corrected chi connectivity index (χ3v) is 5.42. The van der Waals surface area contributed by atoms with E-state index in [9.17, 15) is 4.79 Å². The van der Waals surface area contributed by atoms with Crippen LogP contribution in [0, 0.1) is 5.92 Å². The highest BCUT2D eigenvalue weighted by Gasteiger charge is 2.45. The molecule has 2 nitrogen and oxygen atoms in total. The predicted molar refractivity (Wildman–Crippen MR) is 99.2 cm³/mol. The van der Waals surface area contributed by atoms with Gasteiger partial charge in [0.25, 0.3) is 0 Å². The molecule has 0 spiro atoms. The fourth-order valence-corrected chi connectivity index (χ4v) is 3.89. The first-order chi connectivity index (χ1) is 11.8. The van der Waals surface area contributed by atoms with Crippen molar-refractivity contribution in [2.75, 3.05) is 4.90 Å². The summed E-state index contributed by atoms with van der Waals surface area (Å²) in [4.78, 5) is 16.3. The molecule has 0 aliphatic heterocycles. The van der Waals surface area contributed by atoms with Crippen molar-refractivity contribution in [1.82, 2.24) is 0 Å². The maximum atomic E-state index is 13.1. The molecular weight excluding hydrogens is 314 g/mol. The number of benzene rings is 2. The fraction of sp³-hybridized carbons (Fsp3) is 0.190. The van der Waals surface area contributed by atoms with E-state index in [0.29, 0.717) is 12.5 Å². The normalized spacial score (nSPS) is 19.0. The number of para-hydroxylation sites is 1. The third kappa shape index (κ3) is 3.13. The number of anilines is 1. The number of rotatable bonds is 5. The topological polar surface area (TPSA) is 20.3 Å². The number of hydrogen-bond acceptors (Lipinski definition) is 2. The zero-order valence-corrected chi connectivity index (χ0v) is 14.2. The van der Waals surface area contributed by atoms with Crippen LogP contribution in [0.1, 0.15) is 22.8 Å². The van der Waals surface area contributed by atoms with Gasteiger partial charge in [0, 0.05) is 16.5 Å². The van der Waals surface area contributed by atoms with Crippen molar-refractivity contribution in [1.29, 1.82) is 0 Å². The summed E-state index contributed by atoms with van der Waals surface area (Å²) >= 11 is 1.70. The maximum absolute atomic E-state index is 13.1. The molecule has 120 valence electrons. The lowest BCUT2D eigenvalue weighted by molar-refractivity contribution is -0.120. The van der Waals surface area contributed by atoms with E-state index >= 15 is 0 Å². The Labute approximate surface area is 146 Å². The summed E-state index contributed by atoms with van der Waals surface area (Å²) in [6.45, 7) is 0.651. The number of nitrogens with zero attached hydrogens (tertiary/aromatic N) is 1. The van der Waals surface area contributed by atoms with Gasteiger partial charge in [-0.1, -0.05) is 54.6 Å². The van der Waals surface area contributed by atoms with E-state index < -0.39 is 0 Å². The van der Waals surface area contributed by atoms with Crippen molar-refractivity contribution in [3.05, 3.63) is 88.6 Å². The second-order valence-electron chi connectivity index (χ2n) is 6.20. The third-order valence-electron chi connectivity index (χ3n) is 4.56. The number of carbonyl (C=O) groups is 1. The molecule has 1 saturated carbocycles. The van der Waals surface area contributed by atoms with Gasteiger partial charge in [0.1, 0.15) is 0 Å². The number of thiophene rings is 1. The average Bonchev–Trinajstić information content (AvgIpc) is 3.28. The van der Waals surface area contributed by atoms with Crippen molar-refractivity contribution < 1.29 is 4.79 Å². The molecule has 0 bridgehead atoms. The van der Waals surface area contributed by atoms with Gasteiger partial charge in [0.15, 0.2) is 0 Å². The molecule has 1 aliphatic rings. The zero-order valence-electron chi connectivity index (χ0n) is 13.3. The van der Waals surface area contributed by atoms with E-state index in [1.54, 1.807) is 11.3 Å². The molecule has 1 fully saturated rings. The average molecular weight is 333 g/mol. The van der Waals surface area contributed by atoms with Crippen molar-refractivity contribution in [2.24, 2.45) is 5.92 Å². The van der Waals surface area contributed by atoms with E-state index in [1.807, 2.05) is 47.4 Å². The van der Waals surface area contributed by atoms with E-state index in [0.717, 1.165) is 12.1 Å². The Morgan fingerprint density at radius 2 is 1.67 bits per heavy atom. The largest absolute Gasteiger partial charge is 0.307 e. The predicted octanol–water partition coefficient (Wildman–Crippen LogP) is 5.09. The van der Waals surface area contributed by atoms with Gasteiger partial charge in [-0.3, -0.25) is 4.79 Å². The minimum Gasteiger partial charge on any atom is -0.307 e. The molecule has 3 aromatic rings. The minimum absolute atomic E-state index is 0.104. The van der Waals surface area contributed by atoms with Crippen molar-refractivity contribution in [3.8, 4) is 0 Å². The van der Waals surface area contributed by atoms with Gasteiger partial charge < -0.3 is 4.90 Å². The second-order valence-corrected chi connectivity index (χ2v) is 7.23. The Hall–Kier alpha value is -2.39. The van der Waals surface area contributed by atoms with Crippen LogP contribution in [-0.2, 0) is 11.3 Å². The summed E-state index contributed by atoms with van der Waals surface area (Å²) in [7, 11) is 0. The smallest absolute Gasteiger partial charge is 0.231 e. The molecule has 0 N–H and O–H groups in total. The maximum Gasteiger partial charge on any atom is 0.231 e. The Bertz CT molecular complexity index is 798. The molecule has 24 heavy (non-hydrogen) atoms. The summed E-state index contributed by atoms with van der Waals surface area (Å²) in [5.41, 5.74) is 2.26. The number of amides is 1. The van der Waals surface area contributed by atoms with Crippen LogP contribution in [0.4, 0.5) is 5.69 Å². The summed E-state index contributed by atoms with van der Waals surface area (Å²) < 4.78 is 0. The highest BCUT2D eigenvalue weighted by molar-refractivity contribution is 7.09. The quantitative estimate of drug-likeness (QED) is 0.637. The van der Waals surface area contributed by atoms with Gasteiger partial charge in [-0.15, -0.1) is 11.3 Å². The van der Waals surface area contributed by atoms with Crippen molar-refractivity contribution >= 4 is 22.9 Å². The van der Waals surface area contributed by atoms with Crippen LogP contribution in [-0.4, -0.2) is 5.91 Å². The lowest BCUT2D eigenvalue weighted by Gasteiger charge is -2.22. The molecule has 3 heteroatoms. The van der Waals surface area contributed by atoms with E-state index in [-0.39, 0.29) is 11.8 Å². The van der Waals surface area contributed by atoms with Crippen LogP contribution >= 0.6 is 11.3 Å². The Morgan fingerprint density at radius 1 is 0.958 bits per heavy atom. The Balaban J connectivity index is 1.56. The summed E-state index contributed by atoms with van der Waals surface area (Å²) in [5, 5.41) is 2.06. The molecule has 1 aliphatic carbocycles. The highest BCUT2D eigenvalue weighted by atomic mass is 32.1. The van der Waals surface area contributed by atoms with Gasteiger partial charge in [0.2, 0.25) is 5.91 Å². The first-order valence-electron chi connectivity index (χ1n) is 8.26. The fourth-order valence-electron chi connectivity index (χ4n) is 3.20. The summed E-state index contributed by atoms with van der Waals surface area (Å²) in [6, 6.07) is 24.5. The second kappa shape index (κ2) is 6.62. The summed E-state index contributed by atoms with van der Waals surface area (Å²) in [5.74, 6) is 0.712. The van der Waals surface area contributed by atoms with E-state index in [2.05, 4.69) is 35.7 Å². The van der Waals surface area contributed by atoms with Gasteiger partial charge in [-0.2, -0.15) is 0 Å². The minimum atomic E-state index is 0.104. The molecule has 4 rings (SSSR count). The zero-order chi connectivity index (χ0) is 16.4. The summed E-state index contributed by atoms with van der Waals surface area (Å²) in [6.07, 6.45) is 0.955. The van der Waals surface area contributed by atoms with Crippen LogP contribution < -0.4 is 4.90 Å². The first kappa shape index (κ1) is 15.2. The van der Waals surface area contributed by atoms with Crippen LogP contribution in [0.15, 0.2) is 78.2 Å². The van der Waals surface area contributed by atoms with E-state index in [1.165, 1.54) is 10.4 Å². The lowest BCUT2D eigenvalue weighted by Crippen LogP contribution is -2.31. The Morgan fingerprint density at radius 3 is 2.33 bits per heavy atom. The molecule has 2 aromatic carbocycles. The first-order valence-corrected chi connectivity index (χ1v) is 9.14. The van der Waals surface area contributed by atoms with Crippen LogP contribution in [0.2, 0.25) is 0 Å². The van der Waals surface area contributed by atoms with Crippen LogP contribution in [0.3, 0.4) is 0 Å². The molecule has 0 radical (unpaired) electrons. The van der Waals surface area contributed by atoms with Gasteiger partial charge in [-0.25, -0.2) is 0 Å². The SMILES string of the molecule is O=C([C@H]1CC1c1ccccc1)N(Cc1cccs1)c1ccccc1. The molecule has 1 aromatic heterocycles. The molecular formula is C21H19NOS.